The predicted octanol–water partition coefficient (Wildman–Crippen LogP) is 8.00. The Bertz CT molecular complexity index is 1390. The van der Waals surface area contributed by atoms with Gasteiger partial charge >= 0.3 is 6.18 Å². The minimum Gasteiger partial charge on any atom is -0.376 e. The van der Waals surface area contributed by atoms with Crippen molar-refractivity contribution in [2.45, 2.75) is 50.0 Å². The van der Waals surface area contributed by atoms with E-state index in [0.29, 0.717) is 22.2 Å². The van der Waals surface area contributed by atoms with Crippen molar-refractivity contribution in [2.75, 3.05) is 7.05 Å². The summed E-state index contributed by atoms with van der Waals surface area (Å²) >= 11 is 0. The molecule has 1 heterocycles. The van der Waals surface area contributed by atoms with Gasteiger partial charge in [-0.1, -0.05) is 98.3 Å². The first-order chi connectivity index (χ1) is 18.3. The number of fused-ring (bicyclic) bond motifs is 1. The van der Waals surface area contributed by atoms with Crippen molar-refractivity contribution in [3.05, 3.63) is 120 Å². The molecule has 38 heavy (non-hydrogen) atoms. The van der Waals surface area contributed by atoms with Gasteiger partial charge in [0.05, 0.1) is 11.6 Å². The molecule has 0 spiro atoms. The van der Waals surface area contributed by atoms with E-state index < -0.39 is 11.9 Å². The van der Waals surface area contributed by atoms with Crippen LogP contribution in [0.25, 0.3) is 16.6 Å². The lowest BCUT2D eigenvalue weighted by Crippen LogP contribution is -2.52. The zero-order chi connectivity index (χ0) is 26.8. The maximum atomic E-state index is 13.8. The molecular weight excluding hydrogens is 483 g/mol. The van der Waals surface area contributed by atoms with Gasteiger partial charge in [0.2, 0.25) is 0 Å². The van der Waals surface area contributed by atoms with E-state index in [0.717, 1.165) is 43.9 Å². The monoisotopic (exact) mass is 515 g/mol. The molecule has 3 aromatic carbocycles. The van der Waals surface area contributed by atoms with E-state index >= 15 is 0 Å². The molecule has 0 radical (unpaired) electrons. The Kier molecular flexibility index (Phi) is 7.26. The first kappa shape index (κ1) is 26.0. The predicted molar refractivity (Wildman–Crippen MR) is 147 cm³/mol. The fraction of sp³-hybridized carbons (Fsp3) is 0.281. The van der Waals surface area contributed by atoms with E-state index in [9.17, 15) is 13.2 Å². The molecule has 0 saturated heterocycles. The number of halogens is 3. The Hall–Kier alpha value is -3.64. The van der Waals surface area contributed by atoms with Gasteiger partial charge in [-0.25, -0.2) is 4.98 Å². The van der Waals surface area contributed by atoms with Crippen LogP contribution in [0.15, 0.2) is 97.6 Å². The standard InChI is InChI=1S/C32H32F3N3/c1-23(27-21-29(32(33,34)35)37-28-18-10-9-17-26(27)28)36-30(25-15-7-4-8-16-25)31(19-11-12-20-31)38(2)22-24-13-5-3-6-14-24/h3-10,13-18,21,30,36H,1,11-12,19-20,22H2,2H3. The quantitative estimate of drug-likeness (QED) is 0.258. The Morgan fingerprint density at radius 2 is 1.55 bits per heavy atom. The number of benzene rings is 3. The summed E-state index contributed by atoms with van der Waals surface area (Å²) in [4.78, 5) is 6.31. The van der Waals surface area contributed by atoms with Gasteiger partial charge in [-0.15, -0.1) is 0 Å². The normalized spacial score (nSPS) is 16.0. The highest BCUT2D eigenvalue weighted by Crippen LogP contribution is 2.46. The number of pyridine rings is 1. The second-order valence-electron chi connectivity index (χ2n) is 10.2. The van der Waals surface area contributed by atoms with Gasteiger partial charge < -0.3 is 5.32 Å². The van der Waals surface area contributed by atoms with Crippen molar-refractivity contribution in [1.82, 2.24) is 15.2 Å². The third-order valence-electron chi connectivity index (χ3n) is 7.81. The van der Waals surface area contributed by atoms with E-state index in [1.54, 1.807) is 18.2 Å². The number of likely N-dealkylation sites (N-methyl/N-ethyl adjacent to an activating group) is 1. The van der Waals surface area contributed by atoms with Crippen LogP contribution in [-0.2, 0) is 12.7 Å². The smallest absolute Gasteiger partial charge is 0.376 e. The van der Waals surface area contributed by atoms with Crippen LogP contribution < -0.4 is 5.32 Å². The van der Waals surface area contributed by atoms with Crippen LogP contribution in [0.2, 0.25) is 0 Å². The lowest BCUT2D eigenvalue weighted by atomic mass is 9.81. The summed E-state index contributed by atoms with van der Waals surface area (Å²) in [5.74, 6) is 0. The van der Waals surface area contributed by atoms with Crippen molar-refractivity contribution in [2.24, 2.45) is 0 Å². The molecule has 1 fully saturated rings. The number of aromatic nitrogens is 1. The summed E-state index contributed by atoms with van der Waals surface area (Å²) in [6.07, 6.45) is -0.428. The molecule has 5 rings (SSSR count). The van der Waals surface area contributed by atoms with E-state index in [1.807, 2.05) is 42.5 Å². The van der Waals surface area contributed by atoms with Gasteiger partial charge in [-0.05, 0) is 43.1 Å². The summed E-state index contributed by atoms with van der Waals surface area (Å²) in [6.45, 7) is 5.06. The topological polar surface area (TPSA) is 28.2 Å². The Labute approximate surface area is 222 Å². The highest BCUT2D eigenvalue weighted by molar-refractivity contribution is 5.91. The minimum absolute atomic E-state index is 0.173. The summed E-state index contributed by atoms with van der Waals surface area (Å²) < 4.78 is 41.4. The molecule has 1 N–H and O–H groups in total. The van der Waals surface area contributed by atoms with Crippen LogP contribution in [0.1, 0.15) is 54.1 Å². The van der Waals surface area contributed by atoms with E-state index in [-0.39, 0.29) is 11.6 Å². The average Bonchev–Trinajstić information content (AvgIpc) is 3.42. The van der Waals surface area contributed by atoms with Gasteiger partial charge in [-0.2, -0.15) is 13.2 Å². The molecule has 3 nitrogen and oxygen atoms in total. The molecule has 1 saturated carbocycles. The van der Waals surface area contributed by atoms with Crippen LogP contribution in [0.3, 0.4) is 0 Å². The molecular formula is C32H32F3N3. The first-order valence-electron chi connectivity index (χ1n) is 13.0. The number of para-hydroxylation sites is 1. The largest absolute Gasteiger partial charge is 0.433 e. The van der Waals surface area contributed by atoms with Crippen LogP contribution in [0.4, 0.5) is 13.2 Å². The second kappa shape index (κ2) is 10.6. The third-order valence-corrected chi connectivity index (χ3v) is 7.81. The van der Waals surface area contributed by atoms with Crippen molar-refractivity contribution in [3.63, 3.8) is 0 Å². The summed E-state index contributed by atoms with van der Waals surface area (Å²) in [5, 5.41) is 4.28. The van der Waals surface area contributed by atoms with Crippen molar-refractivity contribution >= 4 is 16.6 Å². The molecule has 0 amide bonds. The van der Waals surface area contributed by atoms with Gasteiger partial charge in [-0.3, -0.25) is 4.90 Å². The molecule has 1 atom stereocenters. The molecule has 1 aliphatic rings. The second-order valence-corrected chi connectivity index (χ2v) is 10.2. The number of nitrogens with one attached hydrogen (secondary N) is 1. The van der Waals surface area contributed by atoms with E-state index in [2.05, 4.69) is 53.1 Å². The summed E-state index contributed by atoms with van der Waals surface area (Å²) in [7, 11) is 2.16. The number of hydrogen-bond acceptors (Lipinski definition) is 3. The van der Waals surface area contributed by atoms with E-state index in [1.165, 1.54) is 5.56 Å². The van der Waals surface area contributed by atoms with E-state index in [4.69, 9.17) is 0 Å². The van der Waals surface area contributed by atoms with Crippen LogP contribution in [-0.4, -0.2) is 22.5 Å². The molecule has 0 aliphatic heterocycles. The van der Waals surface area contributed by atoms with Crippen molar-refractivity contribution in [1.29, 1.82) is 0 Å². The summed E-state index contributed by atoms with van der Waals surface area (Å²) in [6, 6.07) is 28.4. The molecule has 1 unspecified atom stereocenters. The molecule has 196 valence electrons. The molecule has 1 aliphatic carbocycles. The Morgan fingerprint density at radius 3 is 2.21 bits per heavy atom. The lowest BCUT2D eigenvalue weighted by molar-refractivity contribution is -0.141. The number of nitrogens with zero attached hydrogens (tertiary/aromatic N) is 2. The molecule has 0 bridgehead atoms. The van der Waals surface area contributed by atoms with Gasteiger partial charge in [0.15, 0.2) is 0 Å². The molecule has 6 heteroatoms. The number of alkyl halides is 3. The maximum absolute atomic E-state index is 13.8. The van der Waals surface area contributed by atoms with Crippen molar-refractivity contribution in [3.8, 4) is 0 Å². The Balaban J connectivity index is 1.57. The zero-order valence-corrected chi connectivity index (χ0v) is 21.5. The Morgan fingerprint density at radius 1 is 0.947 bits per heavy atom. The summed E-state index contributed by atoms with van der Waals surface area (Å²) in [5.41, 5.74) is 2.34. The maximum Gasteiger partial charge on any atom is 0.433 e. The minimum atomic E-state index is -4.56. The number of hydrogen-bond donors (Lipinski definition) is 1. The fourth-order valence-electron chi connectivity index (χ4n) is 5.89. The molecule has 4 aromatic rings. The SMILES string of the molecule is C=C(NC(c1ccccc1)C1(N(C)Cc2ccccc2)CCCC1)c1cc(C(F)(F)F)nc2ccccc12. The van der Waals surface area contributed by atoms with Gasteiger partial charge in [0, 0.05) is 28.7 Å². The first-order valence-corrected chi connectivity index (χ1v) is 13.0. The average molecular weight is 516 g/mol. The van der Waals surface area contributed by atoms with Gasteiger partial charge in [0.25, 0.3) is 0 Å². The van der Waals surface area contributed by atoms with Crippen LogP contribution >= 0.6 is 0 Å². The highest BCUT2D eigenvalue weighted by Gasteiger charge is 2.45. The number of rotatable bonds is 8. The highest BCUT2D eigenvalue weighted by atomic mass is 19.4. The van der Waals surface area contributed by atoms with Gasteiger partial charge in [0.1, 0.15) is 5.69 Å². The van der Waals surface area contributed by atoms with Crippen LogP contribution in [0, 0.1) is 0 Å². The zero-order valence-electron chi connectivity index (χ0n) is 21.5. The lowest BCUT2D eigenvalue weighted by Gasteiger charge is -2.46. The fourth-order valence-corrected chi connectivity index (χ4v) is 5.89. The third kappa shape index (κ3) is 5.18. The van der Waals surface area contributed by atoms with Crippen LogP contribution in [0.5, 0.6) is 0 Å². The van der Waals surface area contributed by atoms with Crippen molar-refractivity contribution < 1.29 is 13.2 Å². The molecule has 1 aromatic heterocycles.